The van der Waals surface area contributed by atoms with E-state index in [9.17, 15) is 0 Å². The molecular formula is C37H68. The second-order valence-corrected chi connectivity index (χ2v) is 9.46. The highest BCUT2D eigenvalue weighted by Crippen LogP contribution is 2.14. The molecule has 0 heterocycles. The smallest absolute Gasteiger partial charge is 0.0576 e. The molecule has 0 aromatic rings. The van der Waals surface area contributed by atoms with Gasteiger partial charge in [0.25, 0.3) is 0 Å². The molecule has 0 aliphatic carbocycles. The SMILES string of the molecule is [2H]/C(=C(\[2H])C([2H])([2H])/C([2H])=C(/[2H])C([2H])([2H])C([2H])([2H])C([2H])([2H])C([2H])([2H])C([2H])([2H])[2H])C([2H])([2H])CCCCCCCCCCCCCCCC/C=C\C/C=C\CCCCC. The molecule has 0 atom stereocenters. The molecule has 0 aromatic carbocycles. The van der Waals surface area contributed by atoms with Gasteiger partial charge in [0.05, 0.1) is 5.48 Å². The van der Waals surface area contributed by atoms with E-state index in [1.54, 1.807) is 0 Å². The first-order valence-electron chi connectivity index (χ1n) is 24.4. The maximum absolute atomic E-state index is 8.28. The molecule has 0 saturated carbocycles. The van der Waals surface area contributed by atoms with Crippen LogP contribution in [0, 0.1) is 0 Å². The minimum Gasteiger partial charge on any atom is -0.0882 e. The Balaban J connectivity index is 4.72. The molecule has 0 rings (SSSR count). The fourth-order valence-corrected chi connectivity index (χ4v) is 3.94. The van der Waals surface area contributed by atoms with Crippen molar-refractivity contribution in [3.8, 4) is 0 Å². The average molecular weight is 532 g/mol. The molecule has 0 N–H and O–H groups in total. The van der Waals surface area contributed by atoms with Gasteiger partial charge in [-0.05, 0) is 64.0 Å². The van der Waals surface area contributed by atoms with Crippen LogP contribution in [0.2, 0.25) is 0 Å². The Hall–Kier alpha value is -1.04. The van der Waals surface area contributed by atoms with Crippen molar-refractivity contribution in [1.29, 1.82) is 0 Å². The minimum absolute atomic E-state index is 0.240. The van der Waals surface area contributed by atoms with Gasteiger partial charge in [-0.2, -0.15) is 0 Å². The first-order valence-corrected chi connectivity index (χ1v) is 14.9. The maximum Gasteiger partial charge on any atom is 0.0576 e. The van der Waals surface area contributed by atoms with Gasteiger partial charge in [0.1, 0.15) is 0 Å². The number of hydrogen-bond donors (Lipinski definition) is 0. The molecule has 216 valence electrons. The molecule has 0 fully saturated rings. The molecule has 0 amide bonds. The third-order valence-electron chi connectivity index (χ3n) is 6.09. The fourth-order valence-electron chi connectivity index (χ4n) is 3.94. The lowest BCUT2D eigenvalue weighted by Crippen LogP contribution is -1.83. The van der Waals surface area contributed by atoms with Gasteiger partial charge in [-0.25, -0.2) is 0 Å². The van der Waals surface area contributed by atoms with Gasteiger partial charge in [0.15, 0.2) is 0 Å². The molecule has 0 aliphatic rings. The number of rotatable bonds is 30. The van der Waals surface area contributed by atoms with E-state index in [0.29, 0.717) is 12.8 Å². The number of hydrogen-bond acceptors (Lipinski definition) is 0. The lowest BCUT2D eigenvalue weighted by molar-refractivity contribution is 0.531. The molecule has 0 aliphatic heterocycles. The highest BCUT2D eigenvalue weighted by molar-refractivity contribution is 4.93. The van der Waals surface area contributed by atoms with E-state index in [4.69, 9.17) is 26.0 Å². The van der Waals surface area contributed by atoms with Crippen LogP contribution in [0.4, 0.5) is 0 Å². The van der Waals surface area contributed by atoms with Gasteiger partial charge in [-0.15, -0.1) is 0 Å². The van der Waals surface area contributed by atoms with Crippen LogP contribution >= 0.6 is 0 Å². The molecule has 0 spiro atoms. The van der Waals surface area contributed by atoms with E-state index >= 15 is 0 Å². The van der Waals surface area contributed by atoms with Crippen molar-refractivity contribution in [2.24, 2.45) is 0 Å². The summed E-state index contributed by atoms with van der Waals surface area (Å²) in [5.74, 6) is 0. The quantitative estimate of drug-likeness (QED) is 0.0638. The van der Waals surface area contributed by atoms with E-state index in [1.807, 2.05) is 0 Å². The van der Waals surface area contributed by atoms with Crippen LogP contribution in [-0.2, 0) is 0 Å². The van der Waals surface area contributed by atoms with Crippen molar-refractivity contribution in [1.82, 2.24) is 0 Å². The summed E-state index contributed by atoms with van der Waals surface area (Å²) < 4.78 is 151. The Morgan fingerprint density at radius 1 is 0.514 bits per heavy atom. The van der Waals surface area contributed by atoms with E-state index in [0.717, 1.165) is 38.5 Å². The molecule has 0 nitrogen and oxygen atoms in total. The molecule has 0 saturated heterocycles. The Bertz CT molecular complexity index is 1240. The minimum atomic E-state index is -4.15. The summed E-state index contributed by atoms with van der Waals surface area (Å²) in [5.41, 5.74) is 0. The van der Waals surface area contributed by atoms with E-state index < -0.39 is 69.3 Å². The normalized spacial score (nSPS) is 23.6. The predicted molar refractivity (Wildman–Crippen MR) is 173 cm³/mol. The van der Waals surface area contributed by atoms with E-state index in [2.05, 4.69) is 31.2 Å². The van der Waals surface area contributed by atoms with Crippen molar-refractivity contribution in [2.75, 3.05) is 0 Å². The van der Waals surface area contributed by atoms with Crippen molar-refractivity contribution in [2.45, 2.75) is 187 Å². The second kappa shape index (κ2) is 35.0. The third-order valence-corrected chi connectivity index (χ3v) is 6.09. The summed E-state index contributed by atoms with van der Waals surface area (Å²) in [4.78, 5) is 0. The Labute approximate surface area is 262 Å². The molecule has 0 unspecified atom stereocenters. The van der Waals surface area contributed by atoms with Crippen LogP contribution in [0.15, 0.2) is 48.5 Å². The van der Waals surface area contributed by atoms with Crippen molar-refractivity contribution >= 4 is 0 Å². The largest absolute Gasteiger partial charge is 0.0882 e. The summed E-state index contributed by atoms with van der Waals surface area (Å²) in [7, 11) is 0. The van der Waals surface area contributed by atoms with Crippen LogP contribution in [0.25, 0.3) is 0 Å². The van der Waals surface area contributed by atoms with Crippen molar-refractivity contribution in [3.63, 3.8) is 0 Å². The molecule has 0 aromatic heterocycles. The fraction of sp³-hybridized carbons (Fsp3) is 0.784. The average Bonchev–Trinajstić information content (AvgIpc) is 3.11. The van der Waals surface area contributed by atoms with Gasteiger partial charge in [-0.3, -0.25) is 0 Å². The topological polar surface area (TPSA) is 0 Å². The van der Waals surface area contributed by atoms with Crippen molar-refractivity contribution < 1.29 is 26.0 Å². The number of allylic oxidation sites excluding steroid dienone is 8. The maximum atomic E-state index is 8.28. The first kappa shape index (κ1) is 15.1. The van der Waals surface area contributed by atoms with Crippen LogP contribution in [0.5, 0.6) is 0 Å². The molecule has 0 heteroatoms. The Morgan fingerprint density at radius 3 is 1.54 bits per heavy atom. The summed E-state index contributed by atoms with van der Waals surface area (Å²) in [6, 6.07) is -6.12. The zero-order valence-corrected chi connectivity index (χ0v) is 23.7. The van der Waals surface area contributed by atoms with Crippen molar-refractivity contribution in [3.05, 3.63) is 48.5 Å². The van der Waals surface area contributed by atoms with Crippen LogP contribution in [0.1, 0.15) is 213 Å². The van der Waals surface area contributed by atoms with E-state index in [-0.39, 0.29) is 6.42 Å². The lowest BCUT2D eigenvalue weighted by atomic mass is 10.0. The highest BCUT2D eigenvalue weighted by Gasteiger charge is 1.94. The first-order chi connectivity index (χ1) is 25.7. The molecule has 0 bridgehead atoms. The van der Waals surface area contributed by atoms with E-state index in [1.165, 1.54) is 77.0 Å². The third kappa shape index (κ3) is 35.0. The Morgan fingerprint density at radius 2 is 1.00 bits per heavy atom. The second-order valence-electron chi connectivity index (χ2n) is 9.46. The van der Waals surface area contributed by atoms with Crippen LogP contribution < -0.4 is 0 Å². The monoisotopic (exact) mass is 532 g/mol. The lowest BCUT2D eigenvalue weighted by Gasteiger charge is -2.03. The molecular weight excluding hydrogens is 444 g/mol. The predicted octanol–water partition coefficient (Wildman–Crippen LogP) is 13.8. The highest BCUT2D eigenvalue weighted by atomic mass is 14.0. The standard InChI is InChI=1S/C37H68/c1-3-5-7-9-11-13-15-17-19-21-23-25-27-29-31-33-35-37-36-34-32-30-28-26-24-22-20-18-16-14-12-10-8-6-4-2/h11-14,17-20H,3-10,15-16,21-37H2,1-2H3/b13-11-,14-12-,19-17-,20-18-/i1D3,3D2,5D2,7D2,9D2,11D,13D,15D2,17D,19D,21D2. The number of unbranched alkanes of at least 4 members (excludes halogenated alkanes) is 17. The van der Waals surface area contributed by atoms with Gasteiger partial charge in [0.2, 0.25) is 0 Å². The summed E-state index contributed by atoms with van der Waals surface area (Å²) in [6.45, 7) is -1.55. The summed E-state index contributed by atoms with van der Waals surface area (Å²) >= 11 is 0. The zero-order valence-electron chi connectivity index (χ0n) is 42.7. The van der Waals surface area contributed by atoms with Gasteiger partial charge in [-0.1, -0.05) is 171 Å². The van der Waals surface area contributed by atoms with Crippen LogP contribution in [0.3, 0.4) is 0 Å². The van der Waals surface area contributed by atoms with Gasteiger partial charge >= 0.3 is 0 Å². The molecule has 37 heavy (non-hydrogen) atoms. The Kier molecular flexibility index (Phi) is 14.3. The van der Waals surface area contributed by atoms with Gasteiger partial charge in [0, 0.05) is 20.6 Å². The zero-order chi connectivity index (χ0) is 43.5. The molecule has 0 radical (unpaired) electrons. The van der Waals surface area contributed by atoms with Crippen LogP contribution in [-0.4, -0.2) is 0 Å². The summed E-state index contributed by atoms with van der Waals surface area (Å²) in [6.07, 6.45) is 8.75. The summed E-state index contributed by atoms with van der Waals surface area (Å²) in [5, 5.41) is 0. The van der Waals surface area contributed by atoms with Gasteiger partial charge < -0.3 is 0 Å².